The topological polar surface area (TPSA) is 20.2 Å². The molecule has 2 unspecified atom stereocenters. The van der Waals surface area contributed by atoms with Crippen molar-refractivity contribution in [2.24, 2.45) is 0 Å². The van der Waals surface area contributed by atoms with Crippen LogP contribution in [0.5, 0.6) is 0 Å². The summed E-state index contributed by atoms with van der Waals surface area (Å²) in [4.78, 5) is 0. The van der Waals surface area contributed by atoms with Crippen molar-refractivity contribution in [2.45, 2.75) is 102 Å². The van der Waals surface area contributed by atoms with Crippen molar-refractivity contribution in [3.63, 3.8) is 0 Å². The van der Waals surface area contributed by atoms with Crippen molar-refractivity contribution in [2.75, 3.05) is 0 Å². The summed E-state index contributed by atoms with van der Waals surface area (Å²) < 4.78 is 0. The molecule has 0 spiro atoms. The molecule has 0 saturated heterocycles. The molecule has 0 amide bonds. The summed E-state index contributed by atoms with van der Waals surface area (Å²) in [5.74, 6) is 0.349. The Kier molecular flexibility index (Phi) is 8.16. The van der Waals surface area contributed by atoms with Gasteiger partial charge in [0.2, 0.25) is 0 Å². The smallest absolute Gasteiger partial charge is 0.0716 e. The molecule has 1 aliphatic rings. The second kappa shape index (κ2) is 10.1. The van der Waals surface area contributed by atoms with E-state index in [1.54, 1.807) is 0 Å². The third kappa shape index (κ3) is 5.95. The first kappa shape index (κ1) is 18.5. The van der Waals surface area contributed by atoms with E-state index in [0.29, 0.717) is 5.92 Å². The Balaban J connectivity index is 1.75. The van der Waals surface area contributed by atoms with Gasteiger partial charge in [0.1, 0.15) is 0 Å². The molecule has 0 aromatic heterocycles. The molecular weight excluding hydrogens is 280 g/mol. The van der Waals surface area contributed by atoms with E-state index in [1.165, 1.54) is 69.8 Å². The zero-order valence-corrected chi connectivity index (χ0v) is 15.1. The molecule has 0 bridgehead atoms. The van der Waals surface area contributed by atoms with Crippen LogP contribution in [0.25, 0.3) is 0 Å². The molecule has 1 heteroatoms. The Hall–Kier alpha value is -0.820. The normalized spacial score (nSPS) is 24.7. The molecule has 23 heavy (non-hydrogen) atoms. The zero-order chi connectivity index (χ0) is 16.4. The van der Waals surface area contributed by atoms with E-state index in [2.05, 4.69) is 37.3 Å². The van der Waals surface area contributed by atoms with Crippen molar-refractivity contribution < 1.29 is 5.11 Å². The summed E-state index contributed by atoms with van der Waals surface area (Å²) in [6.07, 6.45) is 16.3. The summed E-state index contributed by atoms with van der Waals surface area (Å²) in [5.41, 5.74) is 0.885. The van der Waals surface area contributed by atoms with Crippen LogP contribution < -0.4 is 0 Å². The second-order valence-electron chi connectivity index (χ2n) is 7.54. The van der Waals surface area contributed by atoms with Crippen LogP contribution in [0.2, 0.25) is 0 Å². The lowest BCUT2D eigenvalue weighted by molar-refractivity contribution is -0.0264. The van der Waals surface area contributed by atoms with Crippen LogP contribution in [0.3, 0.4) is 0 Å². The standard InChI is InChI=1S/C22H36O/c1-2-3-4-5-6-7-8-13-18-22(23)19-14-12-17-21(22)20-15-10-9-11-16-20/h9-11,15-16,21,23H,2-8,12-14,17-19H2,1H3. The largest absolute Gasteiger partial charge is 0.389 e. The van der Waals surface area contributed by atoms with Crippen LogP contribution in [0.1, 0.15) is 102 Å². The van der Waals surface area contributed by atoms with Crippen molar-refractivity contribution in [1.29, 1.82) is 0 Å². The number of unbranched alkanes of at least 4 members (excludes halogenated alkanes) is 7. The summed E-state index contributed by atoms with van der Waals surface area (Å²) >= 11 is 0. The number of hydrogen-bond acceptors (Lipinski definition) is 1. The number of rotatable bonds is 10. The predicted molar refractivity (Wildman–Crippen MR) is 99.8 cm³/mol. The monoisotopic (exact) mass is 316 g/mol. The average molecular weight is 317 g/mol. The molecule has 0 aliphatic heterocycles. The molecule has 130 valence electrons. The Morgan fingerprint density at radius 1 is 0.913 bits per heavy atom. The highest BCUT2D eigenvalue weighted by Gasteiger charge is 2.38. The first-order chi connectivity index (χ1) is 11.3. The lowest BCUT2D eigenvalue weighted by atomic mass is 9.70. The lowest BCUT2D eigenvalue weighted by Gasteiger charge is -2.40. The van der Waals surface area contributed by atoms with E-state index in [4.69, 9.17) is 0 Å². The van der Waals surface area contributed by atoms with Crippen molar-refractivity contribution in [1.82, 2.24) is 0 Å². The lowest BCUT2D eigenvalue weighted by Crippen LogP contribution is -2.39. The molecule has 0 heterocycles. The van der Waals surface area contributed by atoms with E-state index < -0.39 is 5.60 Å². The van der Waals surface area contributed by atoms with Gasteiger partial charge in [0.05, 0.1) is 5.60 Å². The second-order valence-corrected chi connectivity index (χ2v) is 7.54. The third-order valence-corrected chi connectivity index (χ3v) is 5.67. The van der Waals surface area contributed by atoms with Gasteiger partial charge in [-0.3, -0.25) is 0 Å². The molecule has 1 aliphatic carbocycles. The van der Waals surface area contributed by atoms with Crippen molar-refractivity contribution in [3.8, 4) is 0 Å². The van der Waals surface area contributed by atoms with Gasteiger partial charge in [-0.15, -0.1) is 0 Å². The maximum absolute atomic E-state index is 11.3. The number of benzene rings is 1. The van der Waals surface area contributed by atoms with Crippen LogP contribution >= 0.6 is 0 Å². The maximum atomic E-state index is 11.3. The van der Waals surface area contributed by atoms with Gasteiger partial charge in [-0.05, 0) is 24.8 Å². The van der Waals surface area contributed by atoms with Crippen molar-refractivity contribution in [3.05, 3.63) is 35.9 Å². The highest BCUT2D eigenvalue weighted by Crippen LogP contribution is 2.43. The summed E-state index contributed by atoms with van der Waals surface area (Å²) in [7, 11) is 0. The molecule has 1 N–H and O–H groups in total. The van der Waals surface area contributed by atoms with Crippen LogP contribution in [0.4, 0.5) is 0 Å². The number of aliphatic hydroxyl groups is 1. The van der Waals surface area contributed by atoms with E-state index in [-0.39, 0.29) is 0 Å². The summed E-state index contributed by atoms with van der Waals surface area (Å²) in [5, 5.41) is 11.3. The van der Waals surface area contributed by atoms with Crippen LogP contribution in [0.15, 0.2) is 30.3 Å². The van der Waals surface area contributed by atoms with Crippen LogP contribution in [-0.2, 0) is 0 Å². The first-order valence-electron chi connectivity index (χ1n) is 10.0. The van der Waals surface area contributed by atoms with Gasteiger partial charge in [0.25, 0.3) is 0 Å². The predicted octanol–water partition coefficient (Wildman–Crippen LogP) is 6.61. The van der Waals surface area contributed by atoms with E-state index in [9.17, 15) is 5.11 Å². The molecule has 2 atom stereocenters. The minimum atomic E-state index is -0.457. The Morgan fingerprint density at radius 2 is 1.57 bits per heavy atom. The van der Waals surface area contributed by atoms with Gasteiger partial charge in [0.15, 0.2) is 0 Å². The Labute approximate surface area is 143 Å². The fourth-order valence-electron chi connectivity index (χ4n) is 4.25. The van der Waals surface area contributed by atoms with Crippen LogP contribution in [0, 0.1) is 0 Å². The SMILES string of the molecule is CCCCCCCCCCC1(O)CCCCC1c1ccccc1. The molecular formula is C22H36O. The van der Waals surface area contributed by atoms with Gasteiger partial charge in [-0.1, -0.05) is 101 Å². The summed E-state index contributed by atoms with van der Waals surface area (Å²) in [6, 6.07) is 10.7. The zero-order valence-electron chi connectivity index (χ0n) is 15.1. The fourth-order valence-corrected chi connectivity index (χ4v) is 4.25. The third-order valence-electron chi connectivity index (χ3n) is 5.67. The molecule has 1 aromatic carbocycles. The molecule has 1 aromatic rings. The van der Waals surface area contributed by atoms with E-state index in [1.807, 2.05) is 0 Å². The van der Waals surface area contributed by atoms with E-state index >= 15 is 0 Å². The molecule has 1 saturated carbocycles. The highest BCUT2D eigenvalue weighted by atomic mass is 16.3. The van der Waals surface area contributed by atoms with Gasteiger partial charge in [0, 0.05) is 5.92 Å². The minimum absolute atomic E-state index is 0.349. The quantitative estimate of drug-likeness (QED) is 0.482. The van der Waals surface area contributed by atoms with Gasteiger partial charge >= 0.3 is 0 Å². The van der Waals surface area contributed by atoms with Crippen LogP contribution in [-0.4, -0.2) is 10.7 Å². The average Bonchev–Trinajstić information content (AvgIpc) is 2.58. The molecule has 0 radical (unpaired) electrons. The highest BCUT2D eigenvalue weighted by molar-refractivity contribution is 5.23. The maximum Gasteiger partial charge on any atom is 0.0716 e. The minimum Gasteiger partial charge on any atom is -0.389 e. The Morgan fingerprint density at radius 3 is 2.26 bits per heavy atom. The fraction of sp³-hybridized carbons (Fsp3) is 0.727. The molecule has 2 rings (SSSR count). The molecule has 1 fully saturated rings. The Bertz CT molecular complexity index is 413. The van der Waals surface area contributed by atoms with Gasteiger partial charge < -0.3 is 5.11 Å². The first-order valence-corrected chi connectivity index (χ1v) is 10.0. The van der Waals surface area contributed by atoms with Gasteiger partial charge in [-0.2, -0.15) is 0 Å². The summed E-state index contributed by atoms with van der Waals surface area (Å²) in [6.45, 7) is 2.27. The van der Waals surface area contributed by atoms with Crippen molar-refractivity contribution >= 4 is 0 Å². The molecule has 1 nitrogen and oxygen atoms in total. The number of hydrogen-bond donors (Lipinski definition) is 1. The van der Waals surface area contributed by atoms with E-state index in [0.717, 1.165) is 19.3 Å². The van der Waals surface area contributed by atoms with Gasteiger partial charge in [-0.25, -0.2) is 0 Å².